The lowest BCUT2D eigenvalue weighted by Gasteiger charge is -2.32. The second-order valence-corrected chi connectivity index (χ2v) is 7.22. The molecule has 0 amide bonds. The molecule has 7 nitrogen and oxygen atoms in total. The Morgan fingerprint density at radius 3 is 2.75 bits per heavy atom. The smallest absolute Gasteiger partial charge is 0.387 e. The summed E-state index contributed by atoms with van der Waals surface area (Å²) >= 11 is 0. The van der Waals surface area contributed by atoms with Gasteiger partial charge in [-0.1, -0.05) is 6.07 Å². The number of nitrogens with zero attached hydrogens (tertiary/aromatic N) is 4. The van der Waals surface area contributed by atoms with E-state index < -0.39 is 6.61 Å². The molecule has 1 N–H and O–H groups in total. The molecule has 0 saturated carbocycles. The molecule has 1 aromatic heterocycles. The molecule has 152 valence electrons. The minimum absolute atomic E-state index is 0.0774. The van der Waals surface area contributed by atoms with Crippen LogP contribution >= 0.6 is 0 Å². The summed E-state index contributed by atoms with van der Waals surface area (Å²) in [6.45, 7) is 2.35. The van der Waals surface area contributed by atoms with Crippen LogP contribution in [0, 0.1) is 0 Å². The van der Waals surface area contributed by atoms with Crippen LogP contribution < -0.4 is 14.8 Å². The topological polar surface area (TPSA) is 64.4 Å². The van der Waals surface area contributed by atoms with E-state index in [1.165, 1.54) is 7.11 Å². The first kappa shape index (κ1) is 19.1. The van der Waals surface area contributed by atoms with Crippen molar-refractivity contribution >= 4 is 0 Å². The molecule has 1 saturated heterocycles. The van der Waals surface area contributed by atoms with Gasteiger partial charge < -0.3 is 19.4 Å². The third kappa shape index (κ3) is 4.10. The van der Waals surface area contributed by atoms with Crippen molar-refractivity contribution in [3.8, 4) is 11.5 Å². The quantitative estimate of drug-likeness (QED) is 0.813. The highest BCUT2D eigenvalue weighted by atomic mass is 19.3. The van der Waals surface area contributed by atoms with Crippen LogP contribution in [0.3, 0.4) is 0 Å². The van der Waals surface area contributed by atoms with Crippen molar-refractivity contribution in [1.29, 1.82) is 0 Å². The molecule has 0 unspecified atom stereocenters. The second kappa shape index (κ2) is 8.40. The highest BCUT2D eigenvalue weighted by Crippen LogP contribution is 2.32. The van der Waals surface area contributed by atoms with E-state index in [9.17, 15) is 8.78 Å². The lowest BCUT2D eigenvalue weighted by molar-refractivity contribution is -0.0512. The van der Waals surface area contributed by atoms with E-state index in [4.69, 9.17) is 4.74 Å². The Bertz CT molecular complexity index is 806. The fourth-order valence-corrected chi connectivity index (χ4v) is 4.03. The number of rotatable bonds is 6. The van der Waals surface area contributed by atoms with Crippen molar-refractivity contribution in [2.24, 2.45) is 0 Å². The maximum atomic E-state index is 12.6. The van der Waals surface area contributed by atoms with Gasteiger partial charge in [0.05, 0.1) is 13.7 Å². The Morgan fingerprint density at radius 2 is 2.00 bits per heavy atom. The first-order valence-corrected chi connectivity index (χ1v) is 9.61. The van der Waals surface area contributed by atoms with Gasteiger partial charge in [-0.3, -0.25) is 4.90 Å². The molecule has 3 heterocycles. The summed E-state index contributed by atoms with van der Waals surface area (Å²) in [5, 5.41) is 12.1. The predicted molar refractivity (Wildman–Crippen MR) is 98.6 cm³/mol. The fraction of sp³-hybridized carbons (Fsp3) is 0.579. The van der Waals surface area contributed by atoms with E-state index in [0.717, 1.165) is 62.8 Å². The number of piperidine rings is 1. The van der Waals surface area contributed by atoms with Gasteiger partial charge in [0.2, 0.25) is 0 Å². The van der Waals surface area contributed by atoms with Gasteiger partial charge in [0.1, 0.15) is 11.6 Å². The van der Waals surface area contributed by atoms with Crippen LogP contribution in [0.4, 0.5) is 8.78 Å². The van der Waals surface area contributed by atoms with Crippen molar-refractivity contribution < 1.29 is 18.3 Å². The number of alkyl halides is 2. The summed E-state index contributed by atoms with van der Waals surface area (Å²) in [6.07, 6.45) is 2.03. The van der Waals surface area contributed by atoms with E-state index in [1.807, 2.05) is 6.07 Å². The molecule has 1 fully saturated rings. The molecule has 2 aliphatic rings. The standard InChI is InChI=1S/C19H25F2N5O2/c1-27-15-3-2-13(10-16(15)28-19(20)21)12-25-7-4-14(5-8-25)18-24-23-17-11-22-6-9-26(17)18/h2-3,10,14,19,22H,4-9,11-12H2,1H3. The highest BCUT2D eigenvalue weighted by Gasteiger charge is 2.27. The molecular formula is C19H25F2N5O2. The van der Waals surface area contributed by atoms with E-state index in [1.54, 1.807) is 12.1 Å². The third-order valence-corrected chi connectivity index (χ3v) is 5.45. The Labute approximate surface area is 162 Å². The first-order chi connectivity index (χ1) is 13.6. The Kier molecular flexibility index (Phi) is 5.72. The number of ether oxygens (including phenoxy) is 2. The van der Waals surface area contributed by atoms with Crippen molar-refractivity contribution in [3.05, 3.63) is 35.4 Å². The molecule has 0 bridgehead atoms. The average Bonchev–Trinajstić information content (AvgIpc) is 3.13. The van der Waals surface area contributed by atoms with Gasteiger partial charge in [0.15, 0.2) is 11.5 Å². The number of hydrogen-bond donors (Lipinski definition) is 1. The number of aromatic nitrogens is 3. The molecule has 0 spiro atoms. The second-order valence-electron chi connectivity index (χ2n) is 7.22. The van der Waals surface area contributed by atoms with E-state index in [0.29, 0.717) is 18.2 Å². The van der Waals surface area contributed by atoms with Gasteiger partial charge in [0, 0.05) is 25.6 Å². The lowest BCUT2D eigenvalue weighted by atomic mass is 9.95. The lowest BCUT2D eigenvalue weighted by Crippen LogP contribution is -2.34. The Morgan fingerprint density at radius 1 is 1.18 bits per heavy atom. The minimum atomic E-state index is -2.87. The average molecular weight is 393 g/mol. The van der Waals surface area contributed by atoms with Crippen molar-refractivity contribution in [2.45, 2.75) is 45.0 Å². The molecule has 4 rings (SSSR count). The SMILES string of the molecule is COc1ccc(CN2CCC(c3nnc4n3CCNC4)CC2)cc1OC(F)F. The molecule has 2 aliphatic heterocycles. The van der Waals surface area contributed by atoms with Crippen molar-refractivity contribution in [3.63, 3.8) is 0 Å². The molecule has 0 radical (unpaired) electrons. The van der Waals surface area contributed by atoms with E-state index >= 15 is 0 Å². The maximum absolute atomic E-state index is 12.6. The van der Waals surface area contributed by atoms with Crippen LogP contribution in [0.2, 0.25) is 0 Å². The number of halogens is 2. The zero-order chi connectivity index (χ0) is 19.5. The normalized spacial score (nSPS) is 18.3. The number of fused-ring (bicyclic) bond motifs is 1. The maximum Gasteiger partial charge on any atom is 0.387 e. The molecule has 1 aromatic carbocycles. The largest absolute Gasteiger partial charge is 0.493 e. The van der Waals surface area contributed by atoms with Crippen LogP contribution in [0.1, 0.15) is 36.0 Å². The molecule has 0 atom stereocenters. The fourth-order valence-electron chi connectivity index (χ4n) is 4.03. The number of hydrogen-bond acceptors (Lipinski definition) is 6. The third-order valence-electron chi connectivity index (χ3n) is 5.45. The first-order valence-electron chi connectivity index (χ1n) is 9.61. The van der Waals surface area contributed by atoms with Crippen LogP contribution in [0.15, 0.2) is 18.2 Å². The summed E-state index contributed by atoms with van der Waals surface area (Å²) in [7, 11) is 1.44. The summed E-state index contributed by atoms with van der Waals surface area (Å²) in [6, 6.07) is 5.21. The van der Waals surface area contributed by atoms with Gasteiger partial charge in [0.25, 0.3) is 0 Å². The number of methoxy groups -OCH3 is 1. The van der Waals surface area contributed by atoms with Gasteiger partial charge in [-0.2, -0.15) is 8.78 Å². The number of likely N-dealkylation sites (tertiary alicyclic amines) is 1. The monoisotopic (exact) mass is 393 g/mol. The molecule has 28 heavy (non-hydrogen) atoms. The number of nitrogens with one attached hydrogen (secondary N) is 1. The van der Waals surface area contributed by atoms with Crippen LogP contribution in [0.25, 0.3) is 0 Å². The molecular weight excluding hydrogens is 368 g/mol. The van der Waals surface area contributed by atoms with Gasteiger partial charge in [-0.15, -0.1) is 10.2 Å². The van der Waals surface area contributed by atoms with Crippen LogP contribution in [-0.2, 0) is 19.6 Å². The van der Waals surface area contributed by atoms with Gasteiger partial charge in [-0.05, 0) is 43.6 Å². The summed E-state index contributed by atoms with van der Waals surface area (Å²) in [5.41, 5.74) is 0.931. The molecule has 9 heteroatoms. The molecule has 0 aliphatic carbocycles. The summed E-state index contributed by atoms with van der Waals surface area (Å²) in [5.74, 6) is 2.94. The van der Waals surface area contributed by atoms with Gasteiger partial charge >= 0.3 is 6.61 Å². The van der Waals surface area contributed by atoms with Gasteiger partial charge in [-0.25, -0.2) is 0 Å². The summed E-state index contributed by atoms with van der Waals surface area (Å²) in [4.78, 5) is 2.33. The Hall–Kier alpha value is -2.26. The zero-order valence-corrected chi connectivity index (χ0v) is 15.9. The highest BCUT2D eigenvalue weighted by molar-refractivity contribution is 5.43. The predicted octanol–water partition coefficient (Wildman–Crippen LogP) is 2.37. The minimum Gasteiger partial charge on any atom is -0.493 e. The summed E-state index contributed by atoms with van der Waals surface area (Å²) < 4.78 is 37.2. The Balaban J connectivity index is 1.37. The van der Waals surface area contributed by atoms with Crippen LogP contribution in [-0.4, -0.2) is 53.0 Å². The van der Waals surface area contributed by atoms with E-state index in [-0.39, 0.29) is 5.75 Å². The van der Waals surface area contributed by atoms with Crippen molar-refractivity contribution in [1.82, 2.24) is 25.0 Å². The van der Waals surface area contributed by atoms with Crippen LogP contribution in [0.5, 0.6) is 11.5 Å². The van der Waals surface area contributed by atoms with E-state index in [2.05, 4.69) is 29.7 Å². The number of benzene rings is 1. The molecule has 2 aromatic rings. The zero-order valence-electron chi connectivity index (χ0n) is 15.9. The van der Waals surface area contributed by atoms with Crippen molar-refractivity contribution in [2.75, 3.05) is 26.7 Å².